The second-order valence-corrected chi connectivity index (χ2v) is 11.0. The Morgan fingerprint density at radius 3 is 2.29 bits per heavy atom. The number of thiazole rings is 1. The second-order valence-electron chi connectivity index (χ2n) is 8.37. The van der Waals surface area contributed by atoms with Gasteiger partial charge in [0.05, 0.1) is 18.0 Å². The zero-order valence-corrected chi connectivity index (χ0v) is 23.0. The van der Waals surface area contributed by atoms with Crippen molar-refractivity contribution in [1.29, 1.82) is 0 Å². The Hall–Kier alpha value is -3.60. The number of rotatable bonds is 8. The summed E-state index contributed by atoms with van der Waals surface area (Å²) < 4.78 is 23.0. The van der Waals surface area contributed by atoms with E-state index in [0.717, 1.165) is 28.8 Å². The summed E-state index contributed by atoms with van der Waals surface area (Å²) in [5.74, 6) is 0.134. The Kier molecular flexibility index (Phi) is 7.55. The van der Waals surface area contributed by atoms with Gasteiger partial charge >= 0.3 is 0 Å². The third kappa shape index (κ3) is 5.20. The van der Waals surface area contributed by atoms with Crippen LogP contribution in [0.3, 0.4) is 0 Å². The van der Waals surface area contributed by atoms with Gasteiger partial charge < -0.3 is 4.74 Å². The largest absolute Gasteiger partial charge is 0.494 e. The lowest BCUT2D eigenvalue weighted by Crippen LogP contribution is -2.22. The van der Waals surface area contributed by atoms with Crippen molar-refractivity contribution in [2.75, 3.05) is 12.4 Å². The number of thioether (sulfide) groups is 1. The molecule has 0 aliphatic heterocycles. The molecular formula is C28H22FN3O3S3. The summed E-state index contributed by atoms with van der Waals surface area (Å²) in [4.78, 5) is 31.6. The van der Waals surface area contributed by atoms with Crippen molar-refractivity contribution < 1.29 is 13.9 Å². The summed E-state index contributed by atoms with van der Waals surface area (Å²) in [5.41, 5.74) is 2.98. The molecule has 0 aliphatic carbocycles. The first-order valence-corrected chi connectivity index (χ1v) is 14.0. The highest BCUT2D eigenvalue weighted by molar-refractivity contribution is 7.99. The van der Waals surface area contributed by atoms with Crippen LogP contribution in [0.5, 0.6) is 5.75 Å². The summed E-state index contributed by atoms with van der Waals surface area (Å²) in [7, 11) is 0. The average Bonchev–Trinajstić information content (AvgIpc) is 3.25. The predicted octanol–water partition coefficient (Wildman–Crippen LogP) is 6.79. The smallest absolute Gasteiger partial charge is 0.278 e. The molecule has 0 bridgehead atoms. The van der Waals surface area contributed by atoms with Crippen LogP contribution < -0.4 is 10.3 Å². The van der Waals surface area contributed by atoms with Crippen LogP contribution >= 0.6 is 35.3 Å². The van der Waals surface area contributed by atoms with Crippen molar-refractivity contribution in [3.8, 4) is 17.1 Å². The van der Waals surface area contributed by atoms with Crippen LogP contribution in [0.1, 0.15) is 22.8 Å². The van der Waals surface area contributed by atoms with Crippen molar-refractivity contribution >= 4 is 51.4 Å². The summed E-state index contributed by atoms with van der Waals surface area (Å²) in [6.45, 7) is 4.43. The molecule has 0 aliphatic rings. The maximum atomic E-state index is 13.8. The molecule has 192 valence electrons. The van der Waals surface area contributed by atoms with Crippen LogP contribution in [0.4, 0.5) is 4.39 Å². The Bertz CT molecular complexity index is 1740. The van der Waals surface area contributed by atoms with Crippen molar-refractivity contribution in [3.05, 3.63) is 104 Å². The Labute approximate surface area is 231 Å². The maximum Gasteiger partial charge on any atom is 0.278 e. The molecule has 38 heavy (non-hydrogen) atoms. The standard InChI is InChI=1S/C28H22FN3O3S3/c1-3-35-22-14-12-20(13-15-22)31-25-24(38-28(31)36)26(34)32(21-10-4-17(2)5-11-21)27(30-25)37-16-23(33)18-6-8-19(29)9-7-18/h4-15H,3,16H2,1-2H3. The van der Waals surface area contributed by atoms with E-state index in [4.69, 9.17) is 21.9 Å². The Morgan fingerprint density at radius 1 is 1.00 bits per heavy atom. The molecule has 0 fully saturated rings. The van der Waals surface area contributed by atoms with Gasteiger partial charge in [-0.25, -0.2) is 9.37 Å². The number of fused-ring (bicyclic) bond motifs is 1. The van der Waals surface area contributed by atoms with E-state index >= 15 is 0 Å². The van der Waals surface area contributed by atoms with Gasteiger partial charge in [0, 0.05) is 11.3 Å². The average molecular weight is 564 g/mol. The number of ketones is 1. The zero-order chi connectivity index (χ0) is 26.8. The first kappa shape index (κ1) is 26.0. The molecule has 0 saturated carbocycles. The van der Waals surface area contributed by atoms with Crippen LogP contribution in [-0.2, 0) is 0 Å². The molecule has 6 nitrogen and oxygen atoms in total. The van der Waals surface area contributed by atoms with Crippen molar-refractivity contribution in [2.45, 2.75) is 19.0 Å². The molecule has 0 saturated heterocycles. The first-order valence-electron chi connectivity index (χ1n) is 11.8. The molecular weight excluding hydrogens is 542 g/mol. The third-order valence-corrected chi connectivity index (χ3v) is 8.06. The zero-order valence-electron chi connectivity index (χ0n) is 20.5. The van der Waals surface area contributed by atoms with Gasteiger partial charge in [0.1, 0.15) is 16.3 Å². The van der Waals surface area contributed by atoms with Gasteiger partial charge in [-0.2, -0.15) is 0 Å². The van der Waals surface area contributed by atoms with Gasteiger partial charge in [-0.3, -0.25) is 18.7 Å². The van der Waals surface area contributed by atoms with E-state index in [9.17, 15) is 14.0 Å². The Morgan fingerprint density at radius 2 is 1.63 bits per heavy atom. The molecule has 5 aromatic rings. The van der Waals surface area contributed by atoms with E-state index in [1.807, 2.05) is 62.4 Å². The van der Waals surface area contributed by atoms with Crippen molar-refractivity contribution in [3.63, 3.8) is 0 Å². The van der Waals surface area contributed by atoms with E-state index in [0.29, 0.717) is 37.3 Å². The number of halogens is 1. The normalized spacial score (nSPS) is 11.1. The fourth-order valence-corrected chi connectivity index (χ4v) is 6.09. The number of ether oxygens (including phenoxy) is 1. The molecule has 0 radical (unpaired) electrons. The minimum atomic E-state index is -0.412. The minimum Gasteiger partial charge on any atom is -0.494 e. The van der Waals surface area contributed by atoms with Crippen molar-refractivity contribution in [1.82, 2.24) is 14.1 Å². The second kappa shape index (κ2) is 11.0. The molecule has 0 N–H and O–H groups in total. The lowest BCUT2D eigenvalue weighted by molar-refractivity contribution is 0.102. The van der Waals surface area contributed by atoms with Crippen LogP contribution in [0.2, 0.25) is 0 Å². The highest BCUT2D eigenvalue weighted by Crippen LogP contribution is 2.28. The number of benzene rings is 3. The first-order chi connectivity index (χ1) is 18.4. The molecule has 0 atom stereocenters. The Balaban J connectivity index is 1.63. The van der Waals surface area contributed by atoms with E-state index in [-0.39, 0.29) is 17.1 Å². The van der Waals surface area contributed by atoms with Gasteiger partial charge in [0.2, 0.25) is 0 Å². The number of carbonyl (C=O) groups excluding carboxylic acids is 1. The van der Waals surface area contributed by atoms with Gasteiger partial charge in [-0.1, -0.05) is 40.8 Å². The number of Topliss-reactive ketones (excluding diaryl/α,β-unsaturated/α-hetero) is 1. The minimum absolute atomic E-state index is 0.0172. The number of nitrogens with zero attached hydrogens (tertiary/aromatic N) is 3. The third-order valence-electron chi connectivity index (χ3n) is 5.77. The molecule has 0 spiro atoms. The summed E-state index contributed by atoms with van der Waals surface area (Å²) in [5, 5.41) is 0.356. The van der Waals surface area contributed by atoms with Crippen LogP contribution in [0.15, 0.2) is 82.7 Å². The molecule has 3 aromatic carbocycles. The lowest BCUT2D eigenvalue weighted by atomic mass is 10.1. The molecule has 5 rings (SSSR count). The molecule has 0 unspecified atom stereocenters. The summed E-state index contributed by atoms with van der Waals surface area (Å²) >= 11 is 8.00. The molecule has 2 heterocycles. The fourth-order valence-electron chi connectivity index (χ4n) is 3.89. The molecule has 0 amide bonds. The highest BCUT2D eigenvalue weighted by Gasteiger charge is 2.20. The van der Waals surface area contributed by atoms with Gasteiger partial charge in [0.25, 0.3) is 5.56 Å². The van der Waals surface area contributed by atoms with Crippen LogP contribution in [0.25, 0.3) is 21.7 Å². The summed E-state index contributed by atoms with van der Waals surface area (Å²) in [6.07, 6.45) is 0. The van der Waals surface area contributed by atoms with Gasteiger partial charge in [0.15, 0.2) is 20.5 Å². The number of carbonyl (C=O) groups is 1. The molecule has 2 aromatic heterocycles. The van der Waals surface area contributed by atoms with Gasteiger partial charge in [-0.15, -0.1) is 0 Å². The fraction of sp³-hybridized carbons (Fsp3) is 0.143. The van der Waals surface area contributed by atoms with E-state index in [2.05, 4.69) is 0 Å². The van der Waals surface area contributed by atoms with E-state index in [1.54, 1.807) is 4.57 Å². The number of aryl methyl sites for hydroxylation is 1. The number of hydrogen-bond acceptors (Lipinski definition) is 7. The van der Waals surface area contributed by atoms with E-state index in [1.165, 1.54) is 40.2 Å². The van der Waals surface area contributed by atoms with Crippen LogP contribution in [-0.4, -0.2) is 32.3 Å². The van der Waals surface area contributed by atoms with Crippen molar-refractivity contribution in [2.24, 2.45) is 0 Å². The summed E-state index contributed by atoms with van der Waals surface area (Å²) in [6, 6.07) is 20.3. The molecule has 10 heteroatoms. The van der Waals surface area contributed by atoms with Gasteiger partial charge in [-0.05, 0) is 86.7 Å². The lowest BCUT2D eigenvalue weighted by Gasteiger charge is -2.13. The number of aromatic nitrogens is 3. The number of hydrogen-bond donors (Lipinski definition) is 0. The highest BCUT2D eigenvalue weighted by atomic mass is 32.2. The quantitative estimate of drug-likeness (QED) is 0.0897. The predicted molar refractivity (Wildman–Crippen MR) is 153 cm³/mol. The van der Waals surface area contributed by atoms with Crippen LogP contribution in [0, 0.1) is 16.7 Å². The monoisotopic (exact) mass is 563 g/mol. The maximum absolute atomic E-state index is 13.8. The van der Waals surface area contributed by atoms with E-state index < -0.39 is 5.82 Å². The SMILES string of the molecule is CCOc1ccc(-n2c(=S)sc3c(=O)n(-c4ccc(C)cc4)c(SCC(=O)c4ccc(F)cc4)nc32)cc1. The topological polar surface area (TPSA) is 66.1 Å².